The summed E-state index contributed by atoms with van der Waals surface area (Å²) in [6, 6.07) is 14.9. The van der Waals surface area contributed by atoms with Crippen LogP contribution in [-0.4, -0.2) is 13.0 Å². The number of hydrogen-bond donors (Lipinski definition) is 0. The molecule has 0 amide bonds. The Morgan fingerprint density at radius 2 is 1.27 bits per heavy atom. The van der Waals surface area contributed by atoms with Crippen LogP contribution in [0.4, 0.5) is 0 Å². The van der Waals surface area contributed by atoms with Gasteiger partial charge in [0.25, 0.3) is 0 Å². The monoisotopic (exact) mass is 520 g/mol. The van der Waals surface area contributed by atoms with Gasteiger partial charge in [0.15, 0.2) is 0 Å². The van der Waals surface area contributed by atoms with Crippen molar-refractivity contribution >= 4 is 57.9 Å². The van der Waals surface area contributed by atoms with Crippen LogP contribution in [-0.2, 0) is 21.2 Å². The first kappa shape index (κ1) is 22.8. The molecule has 3 nitrogen and oxygen atoms in total. The summed E-state index contributed by atoms with van der Waals surface area (Å²) in [4.78, 5) is 0. The third-order valence-electron chi connectivity index (χ3n) is 2.39. The molecule has 0 aliphatic heterocycles. The Labute approximate surface area is 178 Å². The van der Waals surface area contributed by atoms with Crippen LogP contribution in [0.25, 0.3) is 0 Å². The Bertz CT molecular complexity index is 693. The van der Waals surface area contributed by atoms with Crippen LogP contribution in [0, 0.1) is 0 Å². The minimum atomic E-state index is -4.18. The molecule has 0 fully saturated rings. The van der Waals surface area contributed by atoms with Gasteiger partial charge in [-0.05, 0) is 23.3 Å². The van der Waals surface area contributed by atoms with Crippen molar-refractivity contribution in [2.24, 2.45) is 0 Å². The molecule has 0 saturated carbocycles. The van der Waals surface area contributed by atoms with E-state index in [-0.39, 0.29) is 29.6 Å². The number of alkyl halides is 1. The van der Waals surface area contributed by atoms with Crippen LogP contribution in [0.15, 0.2) is 57.5 Å². The van der Waals surface area contributed by atoms with Crippen molar-refractivity contribution in [2.45, 2.75) is 11.1 Å². The summed E-state index contributed by atoms with van der Waals surface area (Å²) in [6.07, 6.45) is 0. The summed E-state index contributed by atoms with van der Waals surface area (Å²) in [5.41, 5.74) is 1.78. The van der Waals surface area contributed by atoms with Gasteiger partial charge in [-0.1, -0.05) is 84.2 Å². The van der Waals surface area contributed by atoms with Gasteiger partial charge >= 0.3 is 29.6 Å². The molecule has 0 saturated heterocycles. The maximum atomic E-state index is 10.4. The molecule has 2 rings (SSSR count). The third kappa shape index (κ3) is 9.17. The SMILES string of the molecule is BrCc1ccccc1Br.O=S(=O)([O-])Cc1ccccc1Br.[Na+]. The van der Waals surface area contributed by atoms with Crippen molar-refractivity contribution in [3.63, 3.8) is 0 Å². The van der Waals surface area contributed by atoms with Gasteiger partial charge in [-0.3, -0.25) is 0 Å². The smallest absolute Gasteiger partial charge is 0.748 e. The molecule has 0 aromatic heterocycles. The number of halogens is 3. The average molecular weight is 523 g/mol. The molecule has 0 unspecified atom stereocenters. The standard InChI is InChI=1S/C7H6Br2.C7H7BrO3S.Na/c8-5-6-3-1-2-4-7(6)9;8-7-4-2-1-3-6(7)5-12(9,10)11;/h1-4H,5H2;1-4H,5H2,(H,9,10,11);/q;;+1/p-1. The minimum absolute atomic E-state index is 0. The van der Waals surface area contributed by atoms with E-state index in [4.69, 9.17) is 0 Å². The molecular weight excluding hydrogens is 511 g/mol. The summed E-state index contributed by atoms with van der Waals surface area (Å²) >= 11 is 9.95. The summed E-state index contributed by atoms with van der Waals surface area (Å²) in [5.74, 6) is -0.464. The summed E-state index contributed by atoms with van der Waals surface area (Å²) in [5, 5.41) is 0.911. The van der Waals surface area contributed by atoms with Gasteiger partial charge in [-0.15, -0.1) is 0 Å². The molecule has 0 aliphatic rings. The molecule has 2 aromatic rings. The molecule has 114 valence electrons. The van der Waals surface area contributed by atoms with Crippen molar-refractivity contribution in [2.75, 3.05) is 0 Å². The van der Waals surface area contributed by atoms with E-state index < -0.39 is 15.9 Å². The van der Waals surface area contributed by atoms with Crippen LogP contribution in [0.1, 0.15) is 11.1 Å². The summed E-state index contributed by atoms with van der Waals surface area (Å²) in [6.45, 7) is 0. The van der Waals surface area contributed by atoms with E-state index in [9.17, 15) is 13.0 Å². The average Bonchev–Trinajstić information content (AvgIpc) is 2.41. The zero-order valence-electron chi connectivity index (χ0n) is 11.8. The van der Waals surface area contributed by atoms with Crippen LogP contribution >= 0.6 is 47.8 Å². The zero-order valence-corrected chi connectivity index (χ0v) is 19.4. The fourth-order valence-electron chi connectivity index (χ4n) is 1.41. The summed E-state index contributed by atoms with van der Waals surface area (Å²) < 4.78 is 32.9. The van der Waals surface area contributed by atoms with Gasteiger partial charge in [-0.2, -0.15) is 0 Å². The molecule has 0 radical (unpaired) electrons. The summed E-state index contributed by atoms with van der Waals surface area (Å²) in [7, 11) is -4.18. The van der Waals surface area contributed by atoms with E-state index >= 15 is 0 Å². The number of benzene rings is 2. The molecule has 2 aromatic carbocycles. The van der Waals surface area contributed by atoms with Crippen molar-refractivity contribution in [3.8, 4) is 0 Å². The van der Waals surface area contributed by atoms with Crippen LogP contribution in [0.3, 0.4) is 0 Å². The zero-order chi connectivity index (χ0) is 15.9. The Balaban J connectivity index is 0.000000397. The second-order valence-corrected chi connectivity index (χ2v) is 7.69. The first-order valence-electron chi connectivity index (χ1n) is 5.80. The predicted molar refractivity (Wildman–Crippen MR) is 94.3 cm³/mol. The second-order valence-electron chi connectivity index (χ2n) is 4.02. The number of rotatable bonds is 3. The van der Waals surface area contributed by atoms with Gasteiger partial charge < -0.3 is 4.55 Å². The number of hydrogen-bond acceptors (Lipinski definition) is 3. The van der Waals surface area contributed by atoms with Crippen LogP contribution in [0.5, 0.6) is 0 Å². The van der Waals surface area contributed by atoms with E-state index in [1.807, 2.05) is 18.2 Å². The Morgan fingerprint density at radius 1 is 0.864 bits per heavy atom. The molecule has 0 aliphatic carbocycles. The predicted octanol–water partition coefficient (Wildman–Crippen LogP) is 1.84. The molecule has 0 heterocycles. The van der Waals surface area contributed by atoms with Crippen LogP contribution in [0.2, 0.25) is 0 Å². The van der Waals surface area contributed by atoms with Crippen molar-refractivity contribution < 1.29 is 42.5 Å². The van der Waals surface area contributed by atoms with Crippen molar-refractivity contribution in [3.05, 3.63) is 68.6 Å². The largest absolute Gasteiger partial charge is 1.00 e. The molecular formula is C14H12Br3NaO3S. The second kappa shape index (κ2) is 11.4. The molecule has 8 heteroatoms. The Hall–Kier alpha value is 0.790. The quantitative estimate of drug-likeness (QED) is 0.351. The third-order valence-corrected chi connectivity index (χ3v) is 5.21. The van der Waals surface area contributed by atoms with Crippen LogP contribution < -0.4 is 29.6 Å². The Morgan fingerprint density at radius 3 is 1.59 bits per heavy atom. The van der Waals surface area contributed by atoms with Gasteiger partial charge in [0, 0.05) is 14.3 Å². The van der Waals surface area contributed by atoms with Gasteiger partial charge in [-0.25, -0.2) is 8.42 Å². The van der Waals surface area contributed by atoms with E-state index in [1.54, 1.807) is 24.3 Å². The fraction of sp³-hybridized carbons (Fsp3) is 0.143. The molecule has 0 atom stereocenters. The van der Waals surface area contributed by atoms with E-state index in [2.05, 4.69) is 53.9 Å². The first-order valence-corrected chi connectivity index (χ1v) is 10.1. The fourth-order valence-corrected chi connectivity index (χ4v) is 3.95. The van der Waals surface area contributed by atoms with Crippen molar-refractivity contribution in [1.29, 1.82) is 0 Å². The van der Waals surface area contributed by atoms with E-state index in [1.165, 1.54) is 10.0 Å². The normalized spacial score (nSPS) is 10.2. The first-order chi connectivity index (χ1) is 9.83. The van der Waals surface area contributed by atoms with E-state index in [0.29, 0.717) is 10.0 Å². The molecule has 0 bridgehead atoms. The minimum Gasteiger partial charge on any atom is -0.748 e. The maximum absolute atomic E-state index is 10.4. The van der Waals surface area contributed by atoms with Gasteiger partial charge in [0.1, 0.15) is 0 Å². The van der Waals surface area contributed by atoms with Gasteiger partial charge in [0.2, 0.25) is 0 Å². The molecule has 0 N–H and O–H groups in total. The van der Waals surface area contributed by atoms with Crippen molar-refractivity contribution in [1.82, 2.24) is 0 Å². The molecule has 0 spiro atoms. The van der Waals surface area contributed by atoms with E-state index in [0.717, 1.165) is 5.33 Å². The maximum Gasteiger partial charge on any atom is 1.00 e. The Kier molecular flexibility index (Phi) is 11.8. The molecule has 22 heavy (non-hydrogen) atoms. The van der Waals surface area contributed by atoms with Gasteiger partial charge in [0.05, 0.1) is 15.9 Å². The topological polar surface area (TPSA) is 57.2 Å².